The molecule has 3 aliphatic carbocycles. The zero-order valence-corrected chi connectivity index (χ0v) is 19.6. The normalized spacial score (nSPS) is 37.1. The molecular weight excluding hydrogens is 336 g/mol. The number of hydrogen-bond donors (Lipinski definition) is 0. The summed E-state index contributed by atoms with van der Waals surface area (Å²) < 4.78 is 0. The van der Waals surface area contributed by atoms with E-state index >= 15 is 0 Å². The van der Waals surface area contributed by atoms with Crippen LogP contribution in [0.2, 0.25) is 0 Å². The van der Waals surface area contributed by atoms with Crippen LogP contribution in [0, 0.1) is 35.5 Å². The lowest BCUT2D eigenvalue weighted by molar-refractivity contribution is 0.161. The van der Waals surface area contributed by atoms with Gasteiger partial charge in [0.2, 0.25) is 0 Å². The molecule has 0 radical (unpaired) electrons. The van der Waals surface area contributed by atoms with Crippen LogP contribution in [0.15, 0.2) is 0 Å². The molecule has 0 aromatic carbocycles. The van der Waals surface area contributed by atoms with E-state index in [1.165, 1.54) is 38.5 Å². The quantitative estimate of drug-likeness (QED) is 0.349. The average Bonchev–Trinajstić information content (AvgIpc) is 2.74. The van der Waals surface area contributed by atoms with E-state index in [2.05, 4.69) is 13.8 Å². The molecule has 3 saturated carbocycles. The number of unbranched alkanes of at least 4 members (excludes halogenated alkanes) is 2. The maximum Gasteiger partial charge on any atom is -0.0411 e. The van der Waals surface area contributed by atoms with Gasteiger partial charge >= 0.3 is 0 Å². The molecule has 0 heteroatoms. The Bertz CT molecular complexity index is 337. The standard InChI is InChI=1S/C28H52/c1-3-5-7-23-9-13-25(14-10-23)21-27-17-19-28(20-18-27)22-26-15-11-24(12-16-26)8-6-4-2/h23-28H,3-22H2,1-2H3/t23?,24?,25?,26?,27-,28-. The number of hydrogen-bond acceptors (Lipinski definition) is 0. The van der Waals surface area contributed by atoms with Crippen molar-refractivity contribution in [2.75, 3.05) is 0 Å². The molecule has 0 bridgehead atoms. The van der Waals surface area contributed by atoms with Gasteiger partial charge in [0, 0.05) is 0 Å². The van der Waals surface area contributed by atoms with Gasteiger partial charge in [0.15, 0.2) is 0 Å². The van der Waals surface area contributed by atoms with Crippen molar-refractivity contribution in [3.63, 3.8) is 0 Å². The van der Waals surface area contributed by atoms with E-state index < -0.39 is 0 Å². The minimum absolute atomic E-state index is 1.09. The molecule has 164 valence electrons. The molecule has 0 aliphatic heterocycles. The Morgan fingerprint density at radius 1 is 0.393 bits per heavy atom. The Kier molecular flexibility index (Phi) is 10.2. The summed E-state index contributed by atoms with van der Waals surface area (Å²) in [5.41, 5.74) is 0. The molecule has 0 saturated heterocycles. The van der Waals surface area contributed by atoms with Crippen LogP contribution >= 0.6 is 0 Å². The topological polar surface area (TPSA) is 0 Å². The molecule has 3 aliphatic rings. The lowest BCUT2D eigenvalue weighted by atomic mass is 9.70. The Morgan fingerprint density at radius 2 is 0.643 bits per heavy atom. The van der Waals surface area contributed by atoms with Gasteiger partial charge in [0.25, 0.3) is 0 Å². The lowest BCUT2D eigenvalue weighted by Crippen LogP contribution is -2.23. The third-order valence-corrected chi connectivity index (χ3v) is 9.16. The molecule has 0 atom stereocenters. The van der Waals surface area contributed by atoms with Gasteiger partial charge in [-0.05, 0) is 48.3 Å². The molecule has 3 fully saturated rings. The van der Waals surface area contributed by atoms with Crippen LogP contribution in [0.3, 0.4) is 0 Å². The van der Waals surface area contributed by atoms with Crippen molar-refractivity contribution in [2.45, 2.75) is 142 Å². The lowest BCUT2D eigenvalue weighted by Gasteiger charge is -2.36. The van der Waals surface area contributed by atoms with Gasteiger partial charge in [-0.25, -0.2) is 0 Å². The van der Waals surface area contributed by atoms with E-state index in [0.29, 0.717) is 0 Å². The predicted molar refractivity (Wildman–Crippen MR) is 125 cm³/mol. The van der Waals surface area contributed by atoms with Crippen LogP contribution in [0.1, 0.15) is 142 Å². The molecule has 0 amide bonds. The molecule has 0 nitrogen and oxygen atoms in total. The molecule has 3 rings (SSSR count). The molecular formula is C28H52. The van der Waals surface area contributed by atoms with Gasteiger partial charge in [-0.3, -0.25) is 0 Å². The van der Waals surface area contributed by atoms with Crippen molar-refractivity contribution in [3.8, 4) is 0 Å². The molecule has 28 heavy (non-hydrogen) atoms. The third kappa shape index (κ3) is 7.68. The van der Waals surface area contributed by atoms with E-state index in [-0.39, 0.29) is 0 Å². The first-order valence-electron chi connectivity index (χ1n) is 13.8. The van der Waals surface area contributed by atoms with E-state index in [4.69, 9.17) is 0 Å². The molecule has 0 aromatic heterocycles. The number of rotatable bonds is 10. The zero-order chi connectivity index (χ0) is 19.6. The summed E-state index contributed by atoms with van der Waals surface area (Å²) in [5, 5.41) is 0. The van der Waals surface area contributed by atoms with Crippen LogP contribution in [0.5, 0.6) is 0 Å². The average molecular weight is 389 g/mol. The minimum Gasteiger partial charge on any atom is -0.0654 e. The highest BCUT2D eigenvalue weighted by Gasteiger charge is 2.29. The first kappa shape index (κ1) is 22.7. The van der Waals surface area contributed by atoms with E-state index in [0.717, 1.165) is 35.5 Å². The Hall–Kier alpha value is 0. The second kappa shape index (κ2) is 12.6. The van der Waals surface area contributed by atoms with Crippen molar-refractivity contribution in [1.29, 1.82) is 0 Å². The Labute approximate surface area is 178 Å². The smallest absolute Gasteiger partial charge is 0.0411 e. The highest BCUT2D eigenvalue weighted by molar-refractivity contribution is 4.81. The van der Waals surface area contributed by atoms with Crippen LogP contribution in [0.4, 0.5) is 0 Å². The van der Waals surface area contributed by atoms with E-state index in [1.807, 2.05) is 0 Å². The highest BCUT2D eigenvalue weighted by atomic mass is 14.3. The summed E-state index contributed by atoms with van der Waals surface area (Å²) in [4.78, 5) is 0. The maximum absolute atomic E-state index is 2.35. The second-order valence-corrected chi connectivity index (χ2v) is 11.4. The summed E-state index contributed by atoms with van der Waals surface area (Å²) in [6.07, 6.45) is 30.7. The van der Waals surface area contributed by atoms with Gasteiger partial charge in [0.1, 0.15) is 0 Å². The van der Waals surface area contributed by atoms with Gasteiger partial charge in [0.05, 0.1) is 0 Å². The van der Waals surface area contributed by atoms with Crippen molar-refractivity contribution in [2.24, 2.45) is 35.5 Å². The summed E-state index contributed by atoms with van der Waals surface area (Å²) in [5.74, 6) is 6.56. The van der Waals surface area contributed by atoms with Crippen LogP contribution in [0.25, 0.3) is 0 Å². The van der Waals surface area contributed by atoms with Crippen molar-refractivity contribution in [3.05, 3.63) is 0 Å². The molecule has 0 spiro atoms. The summed E-state index contributed by atoms with van der Waals surface area (Å²) in [6, 6.07) is 0. The van der Waals surface area contributed by atoms with Crippen LogP contribution in [-0.4, -0.2) is 0 Å². The van der Waals surface area contributed by atoms with E-state index in [1.54, 1.807) is 89.9 Å². The van der Waals surface area contributed by atoms with Gasteiger partial charge in [-0.2, -0.15) is 0 Å². The molecule has 0 N–H and O–H groups in total. The molecule has 0 heterocycles. The summed E-state index contributed by atoms with van der Waals surface area (Å²) in [7, 11) is 0. The summed E-state index contributed by atoms with van der Waals surface area (Å²) >= 11 is 0. The van der Waals surface area contributed by atoms with Crippen molar-refractivity contribution < 1.29 is 0 Å². The second-order valence-electron chi connectivity index (χ2n) is 11.4. The highest BCUT2D eigenvalue weighted by Crippen LogP contribution is 2.42. The Balaban J connectivity index is 1.25. The van der Waals surface area contributed by atoms with Gasteiger partial charge < -0.3 is 0 Å². The molecule has 0 aromatic rings. The minimum atomic E-state index is 1.09. The van der Waals surface area contributed by atoms with E-state index in [9.17, 15) is 0 Å². The predicted octanol–water partition coefficient (Wildman–Crippen LogP) is 9.57. The van der Waals surface area contributed by atoms with Crippen LogP contribution in [-0.2, 0) is 0 Å². The maximum atomic E-state index is 2.35. The van der Waals surface area contributed by atoms with Crippen LogP contribution < -0.4 is 0 Å². The first-order chi connectivity index (χ1) is 13.8. The SMILES string of the molecule is CCCCC1CCC(C[C@H]2CC[C@H](CC3CCC(CCCC)CC3)CC2)CC1. The van der Waals surface area contributed by atoms with Crippen molar-refractivity contribution in [1.82, 2.24) is 0 Å². The molecule has 0 unspecified atom stereocenters. The fraction of sp³-hybridized carbons (Fsp3) is 1.00. The fourth-order valence-corrected chi connectivity index (χ4v) is 7.14. The fourth-order valence-electron chi connectivity index (χ4n) is 7.14. The summed E-state index contributed by atoms with van der Waals surface area (Å²) in [6.45, 7) is 4.70. The van der Waals surface area contributed by atoms with Gasteiger partial charge in [-0.1, -0.05) is 129 Å². The zero-order valence-electron chi connectivity index (χ0n) is 19.6. The van der Waals surface area contributed by atoms with Crippen molar-refractivity contribution >= 4 is 0 Å². The first-order valence-corrected chi connectivity index (χ1v) is 13.8. The monoisotopic (exact) mass is 388 g/mol. The Morgan fingerprint density at radius 3 is 0.893 bits per heavy atom. The third-order valence-electron chi connectivity index (χ3n) is 9.16. The largest absolute Gasteiger partial charge is 0.0654 e. The van der Waals surface area contributed by atoms with Gasteiger partial charge in [-0.15, -0.1) is 0 Å².